The predicted molar refractivity (Wildman–Crippen MR) is 83.1 cm³/mol. The van der Waals surface area contributed by atoms with Crippen molar-refractivity contribution in [2.45, 2.75) is 51.7 Å². The van der Waals surface area contributed by atoms with Crippen LogP contribution in [0.1, 0.15) is 50.3 Å². The first-order chi connectivity index (χ1) is 9.60. The van der Waals surface area contributed by atoms with E-state index >= 15 is 0 Å². The fourth-order valence-electron chi connectivity index (χ4n) is 2.55. The number of rotatable bonds is 5. The van der Waals surface area contributed by atoms with Gasteiger partial charge in [-0.2, -0.15) is 0 Å². The molecule has 2 rings (SSSR count). The summed E-state index contributed by atoms with van der Waals surface area (Å²) < 4.78 is 5.81. The normalized spacial score (nSPS) is 19.4. The van der Waals surface area contributed by atoms with Gasteiger partial charge in [-0.05, 0) is 42.9 Å². The van der Waals surface area contributed by atoms with Crippen molar-refractivity contribution in [3.05, 3.63) is 23.4 Å². The van der Waals surface area contributed by atoms with Crippen LogP contribution in [0.3, 0.4) is 0 Å². The Kier molecular flexibility index (Phi) is 5.38. The maximum absolute atomic E-state index is 5.81. The van der Waals surface area contributed by atoms with E-state index in [1.54, 1.807) is 0 Å². The number of hydrogen-bond donors (Lipinski definition) is 1. The third kappa shape index (κ3) is 3.93. The highest BCUT2D eigenvalue weighted by Crippen LogP contribution is 2.21. The minimum absolute atomic E-state index is 0.333. The smallest absolute Gasteiger partial charge is 0.128 e. The summed E-state index contributed by atoms with van der Waals surface area (Å²) in [6, 6.07) is 4.20. The zero-order chi connectivity index (χ0) is 14.5. The van der Waals surface area contributed by atoms with Crippen LogP contribution in [0.25, 0.3) is 0 Å². The van der Waals surface area contributed by atoms with Gasteiger partial charge in [0.1, 0.15) is 5.82 Å². The summed E-state index contributed by atoms with van der Waals surface area (Å²) in [5.74, 6) is 1.42. The maximum Gasteiger partial charge on any atom is 0.128 e. The first-order valence-corrected chi connectivity index (χ1v) is 7.64. The fourth-order valence-corrected chi connectivity index (χ4v) is 2.55. The Hall–Kier alpha value is -1.13. The molecule has 0 spiro atoms. The number of likely N-dealkylation sites (N-methyl/N-ethyl adjacent to an activating group) is 1. The number of aromatic nitrogens is 1. The monoisotopic (exact) mass is 277 g/mol. The third-order valence-electron chi connectivity index (χ3n) is 3.86. The molecule has 1 aliphatic heterocycles. The summed E-state index contributed by atoms with van der Waals surface area (Å²) in [7, 11) is 2.09. The highest BCUT2D eigenvalue weighted by atomic mass is 16.5. The Balaban J connectivity index is 2.11. The second kappa shape index (κ2) is 7.04. The molecule has 1 unspecified atom stereocenters. The number of ether oxygens (including phenoxy) is 1. The number of hydrogen-bond acceptors (Lipinski definition) is 4. The molecule has 1 aliphatic rings. The first kappa shape index (κ1) is 15.3. The Morgan fingerprint density at radius 1 is 1.40 bits per heavy atom. The maximum atomic E-state index is 5.81. The van der Waals surface area contributed by atoms with Crippen LogP contribution < -0.4 is 10.6 Å². The van der Waals surface area contributed by atoms with Crippen molar-refractivity contribution in [2.75, 3.05) is 25.1 Å². The average Bonchev–Trinajstić information content (AvgIpc) is 2.47. The molecule has 0 radical (unpaired) electrons. The van der Waals surface area contributed by atoms with E-state index in [0.29, 0.717) is 18.6 Å². The molecule has 1 aromatic rings. The van der Waals surface area contributed by atoms with Crippen LogP contribution >= 0.6 is 0 Å². The molecule has 2 heterocycles. The standard InChI is InChI=1S/C16H27N3O/c1-12(2)15-8-13(10-17)9-16(18-15)19(3)11-14-6-4-5-7-20-14/h8-9,12,14H,4-7,10-11,17H2,1-3H3. The molecule has 20 heavy (non-hydrogen) atoms. The highest BCUT2D eigenvalue weighted by molar-refractivity contribution is 5.42. The van der Waals surface area contributed by atoms with Crippen LogP contribution in [0.15, 0.2) is 12.1 Å². The van der Waals surface area contributed by atoms with E-state index in [9.17, 15) is 0 Å². The molecule has 1 atom stereocenters. The van der Waals surface area contributed by atoms with Gasteiger partial charge in [-0.15, -0.1) is 0 Å². The molecule has 4 heteroatoms. The zero-order valence-corrected chi connectivity index (χ0v) is 12.9. The van der Waals surface area contributed by atoms with Gasteiger partial charge in [-0.1, -0.05) is 13.8 Å². The Labute approximate surface area is 122 Å². The van der Waals surface area contributed by atoms with E-state index in [4.69, 9.17) is 15.5 Å². The van der Waals surface area contributed by atoms with Crippen molar-refractivity contribution in [3.8, 4) is 0 Å². The third-order valence-corrected chi connectivity index (χ3v) is 3.86. The minimum Gasteiger partial charge on any atom is -0.376 e. The molecule has 1 aromatic heterocycles. The van der Waals surface area contributed by atoms with E-state index in [0.717, 1.165) is 36.6 Å². The molecule has 0 bridgehead atoms. The van der Waals surface area contributed by atoms with Gasteiger partial charge >= 0.3 is 0 Å². The first-order valence-electron chi connectivity index (χ1n) is 7.64. The average molecular weight is 277 g/mol. The van der Waals surface area contributed by atoms with Crippen LogP contribution in [0.2, 0.25) is 0 Å². The van der Waals surface area contributed by atoms with Crippen molar-refractivity contribution in [1.82, 2.24) is 4.98 Å². The minimum atomic E-state index is 0.333. The van der Waals surface area contributed by atoms with E-state index in [1.165, 1.54) is 12.8 Å². The topological polar surface area (TPSA) is 51.4 Å². The molecular weight excluding hydrogens is 250 g/mol. The van der Waals surface area contributed by atoms with E-state index in [1.807, 2.05) is 0 Å². The van der Waals surface area contributed by atoms with Gasteiger partial charge in [0.2, 0.25) is 0 Å². The molecule has 1 fully saturated rings. The number of anilines is 1. The molecule has 4 nitrogen and oxygen atoms in total. The van der Waals surface area contributed by atoms with Crippen LogP contribution in [-0.4, -0.2) is 31.3 Å². The molecule has 0 saturated carbocycles. The van der Waals surface area contributed by atoms with Gasteiger partial charge in [0.05, 0.1) is 6.10 Å². The van der Waals surface area contributed by atoms with E-state index in [-0.39, 0.29) is 0 Å². The van der Waals surface area contributed by atoms with Crippen LogP contribution in [0.4, 0.5) is 5.82 Å². The molecule has 112 valence electrons. The lowest BCUT2D eigenvalue weighted by molar-refractivity contribution is 0.0215. The van der Waals surface area contributed by atoms with Crippen LogP contribution in [-0.2, 0) is 11.3 Å². The molecule has 1 saturated heterocycles. The summed E-state index contributed by atoms with van der Waals surface area (Å²) in [6.45, 7) is 6.68. The second-order valence-electron chi connectivity index (χ2n) is 5.99. The molecular formula is C16H27N3O. The second-order valence-corrected chi connectivity index (χ2v) is 5.99. The summed E-state index contributed by atoms with van der Waals surface area (Å²) >= 11 is 0. The quantitative estimate of drug-likeness (QED) is 0.899. The van der Waals surface area contributed by atoms with E-state index < -0.39 is 0 Å². The Morgan fingerprint density at radius 3 is 2.80 bits per heavy atom. The summed E-state index contributed by atoms with van der Waals surface area (Å²) in [4.78, 5) is 6.96. The van der Waals surface area contributed by atoms with Gasteiger partial charge in [0, 0.05) is 32.4 Å². The molecule has 0 aliphatic carbocycles. The lowest BCUT2D eigenvalue weighted by Crippen LogP contribution is -2.34. The molecule has 0 aromatic carbocycles. The Morgan fingerprint density at radius 2 is 2.20 bits per heavy atom. The van der Waals surface area contributed by atoms with Gasteiger partial charge in [-0.25, -0.2) is 4.98 Å². The number of nitrogens with two attached hydrogens (primary N) is 1. The number of pyridine rings is 1. The summed E-state index contributed by atoms with van der Waals surface area (Å²) in [5.41, 5.74) is 8.06. The van der Waals surface area contributed by atoms with Gasteiger partial charge in [0.25, 0.3) is 0 Å². The SMILES string of the molecule is CC(C)c1cc(CN)cc(N(C)CC2CCCCO2)n1. The fraction of sp³-hybridized carbons (Fsp3) is 0.688. The lowest BCUT2D eigenvalue weighted by Gasteiger charge is -2.28. The van der Waals surface area contributed by atoms with Crippen LogP contribution in [0.5, 0.6) is 0 Å². The predicted octanol–water partition coefficient (Wildman–Crippen LogP) is 2.67. The van der Waals surface area contributed by atoms with Crippen LogP contribution in [0, 0.1) is 0 Å². The highest BCUT2D eigenvalue weighted by Gasteiger charge is 2.17. The largest absolute Gasteiger partial charge is 0.376 e. The Bertz CT molecular complexity index is 428. The van der Waals surface area contributed by atoms with Gasteiger partial charge < -0.3 is 15.4 Å². The molecule has 2 N–H and O–H groups in total. The van der Waals surface area contributed by atoms with Crippen molar-refractivity contribution < 1.29 is 4.74 Å². The van der Waals surface area contributed by atoms with Gasteiger partial charge in [0.15, 0.2) is 0 Å². The number of nitrogens with zero attached hydrogens (tertiary/aromatic N) is 2. The van der Waals surface area contributed by atoms with Crippen molar-refractivity contribution >= 4 is 5.82 Å². The molecule has 0 amide bonds. The summed E-state index contributed by atoms with van der Waals surface area (Å²) in [5, 5.41) is 0. The van der Waals surface area contributed by atoms with Crippen molar-refractivity contribution in [1.29, 1.82) is 0 Å². The van der Waals surface area contributed by atoms with Crippen molar-refractivity contribution in [3.63, 3.8) is 0 Å². The van der Waals surface area contributed by atoms with Gasteiger partial charge in [-0.3, -0.25) is 0 Å². The van der Waals surface area contributed by atoms with Crippen molar-refractivity contribution in [2.24, 2.45) is 5.73 Å². The lowest BCUT2D eigenvalue weighted by atomic mass is 10.1. The summed E-state index contributed by atoms with van der Waals surface area (Å²) in [6.07, 6.45) is 3.95. The zero-order valence-electron chi connectivity index (χ0n) is 12.9. The van der Waals surface area contributed by atoms with E-state index in [2.05, 4.69) is 37.9 Å².